The number of carboxylic acids is 1. The second-order valence-corrected chi connectivity index (χ2v) is 6.19. The molecule has 0 bridgehead atoms. The second kappa shape index (κ2) is 6.95. The van der Waals surface area contributed by atoms with E-state index in [2.05, 4.69) is 16.6 Å². The largest absolute Gasteiger partial charge is 0.478 e. The van der Waals surface area contributed by atoms with Crippen molar-refractivity contribution in [3.63, 3.8) is 0 Å². The number of sulfonamides is 1. The Bertz CT molecular complexity index is 689. The molecule has 0 spiro atoms. The lowest BCUT2D eigenvalue weighted by atomic mass is 10.2. The SMILES string of the molecule is CC#CCCNS(=O)(=O)c1cc(Cl)cc(C(=O)O)c1Cl. The van der Waals surface area contributed by atoms with Gasteiger partial charge in [0.15, 0.2) is 0 Å². The number of nitrogens with one attached hydrogen (secondary N) is 1. The van der Waals surface area contributed by atoms with Crippen LogP contribution in [0.15, 0.2) is 17.0 Å². The highest BCUT2D eigenvalue weighted by Crippen LogP contribution is 2.29. The standard InChI is InChI=1S/C12H11Cl2NO4S/c1-2-3-4-5-15-20(18,19)10-7-8(13)6-9(11(10)14)12(16)17/h6-7,15H,4-5H2,1H3,(H,16,17). The van der Waals surface area contributed by atoms with E-state index in [1.165, 1.54) is 0 Å². The van der Waals surface area contributed by atoms with Gasteiger partial charge in [0.1, 0.15) is 4.90 Å². The number of carboxylic acid groups (broad SMARTS) is 1. The van der Waals surface area contributed by atoms with Crippen molar-refractivity contribution < 1.29 is 18.3 Å². The molecule has 0 amide bonds. The first-order valence-electron chi connectivity index (χ1n) is 5.41. The first-order chi connectivity index (χ1) is 9.29. The number of aromatic carboxylic acids is 1. The summed E-state index contributed by atoms with van der Waals surface area (Å²) in [5.74, 6) is 3.97. The minimum absolute atomic E-state index is 0.0273. The van der Waals surface area contributed by atoms with Crippen molar-refractivity contribution in [1.82, 2.24) is 4.72 Å². The van der Waals surface area contributed by atoms with Gasteiger partial charge in [-0.2, -0.15) is 0 Å². The summed E-state index contributed by atoms with van der Waals surface area (Å²) >= 11 is 11.5. The van der Waals surface area contributed by atoms with Gasteiger partial charge in [-0.15, -0.1) is 11.8 Å². The van der Waals surface area contributed by atoms with E-state index in [1.807, 2.05) is 0 Å². The van der Waals surface area contributed by atoms with Crippen LogP contribution in [0.25, 0.3) is 0 Å². The predicted octanol–water partition coefficient (Wildman–Crippen LogP) is 2.38. The Hall–Kier alpha value is -1.26. The topological polar surface area (TPSA) is 83.5 Å². The van der Waals surface area contributed by atoms with Gasteiger partial charge in [0.05, 0.1) is 10.6 Å². The molecule has 0 heterocycles. The molecule has 0 aromatic heterocycles. The molecule has 0 saturated carbocycles. The molecule has 2 N–H and O–H groups in total. The van der Waals surface area contributed by atoms with E-state index >= 15 is 0 Å². The molecule has 108 valence electrons. The van der Waals surface area contributed by atoms with Crippen LogP contribution in [0.5, 0.6) is 0 Å². The lowest BCUT2D eigenvalue weighted by Crippen LogP contribution is -2.25. The summed E-state index contributed by atoms with van der Waals surface area (Å²) in [6.07, 6.45) is 0.333. The third-order valence-electron chi connectivity index (χ3n) is 2.24. The summed E-state index contributed by atoms with van der Waals surface area (Å²) in [6, 6.07) is 2.19. The third kappa shape index (κ3) is 4.12. The minimum atomic E-state index is -3.95. The molecule has 0 aliphatic rings. The van der Waals surface area contributed by atoms with Crippen molar-refractivity contribution in [3.05, 3.63) is 27.7 Å². The molecule has 0 aliphatic carbocycles. The summed E-state index contributed by atoms with van der Waals surface area (Å²) in [5.41, 5.74) is -0.368. The Kier molecular flexibility index (Phi) is 5.84. The Balaban J connectivity index is 3.17. The van der Waals surface area contributed by atoms with Crippen molar-refractivity contribution in [2.45, 2.75) is 18.2 Å². The zero-order valence-electron chi connectivity index (χ0n) is 10.4. The predicted molar refractivity (Wildman–Crippen MR) is 76.7 cm³/mol. The first kappa shape index (κ1) is 16.8. The molecule has 0 aliphatic heterocycles. The molecule has 1 aromatic carbocycles. The molecule has 20 heavy (non-hydrogen) atoms. The van der Waals surface area contributed by atoms with Gasteiger partial charge >= 0.3 is 5.97 Å². The molecule has 0 fully saturated rings. The zero-order valence-corrected chi connectivity index (χ0v) is 12.7. The Morgan fingerprint density at radius 1 is 1.40 bits per heavy atom. The molecular formula is C12H11Cl2NO4S. The fourth-order valence-corrected chi connectivity index (χ4v) is 3.30. The van der Waals surface area contributed by atoms with E-state index in [0.717, 1.165) is 12.1 Å². The summed E-state index contributed by atoms with van der Waals surface area (Å²) in [4.78, 5) is 10.6. The van der Waals surface area contributed by atoms with Crippen molar-refractivity contribution in [3.8, 4) is 11.8 Å². The van der Waals surface area contributed by atoms with Crippen LogP contribution in [0.3, 0.4) is 0 Å². The van der Waals surface area contributed by atoms with E-state index in [4.69, 9.17) is 28.3 Å². The molecule has 5 nitrogen and oxygen atoms in total. The summed E-state index contributed by atoms with van der Waals surface area (Å²) in [6.45, 7) is 1.73. The fourth-order valence-electron chi connectivity index (χ4n) is 1.37. The molecule has 0 atom stereocenters. The van der Waals surface area contributed by atoms with Crippen molar-refractivity contribution >= 4 is 39.2 Å². The summed E-state index contributed by atoms with van der Waals surface area (Å²) < 4.78 is 26.4. The van der Waals surface area contributed by atoms with Gasteiger partial charge in [-0.05, 0) is 19.1 Å². The average Bonchev–Trinajstić information content (AvgIpc) is 2.36. The Morgan fingerprint density at radius 3 is 2.60 bits per heavy atom. The molecule has 0 unspecified atom stereocenters. The third-order valence-corrected chi connectivity index (χ3v) is 4.47. The van der Waals surface area contributed by atoms with Crippen molar-refractivity contribution in [1.29, 1.82) is 0 Å². The normalized spacial score (nSPS) is 10.8. The monoisotopic (exact) mass is 335 g/mol. The molecule has 8 heteroatoms. The Morgan fingerprint density at radius 2 is 2.05 bits per heavy atom. The van der Waals surface area contributed by atoms with Gasteiger partial charge in [-0.25, -0.2) is 17.9 Å². The lowest BCUT2D eigenvalue weighted by molar-refractivity contribution is 0.0697. The lowest BCUT2D eigenvalue weighted by Gasteiger charge is -2.09. The van der Waals surface area contributed by atoms with Crippen LogP contribution in [-0.4, -0.2) is 26.0 Å². The van der Waals surface area contributed by atoms with E-state index in [1.54, 1.807) is 6.92 Å². The molecule has 1 aromatic rings. The highest BCUT2D eigenvalue weighted by Gasteiger charge is 2.23. The van der Waals surface area contributed by atoms with Crippen LogP contribution in [0.1, 0.15) is 23.7 Å². The smallest absolute Gasteiger partial charge is 0.337 e. The number of halogens is 2. The molecule has 1 rings (SSSR count). The van der Waals surface area contributed by atoms with Crippen LogP contribution in [0.2, 0.25) is 10.0 Å². The number of hydrogen-bond acceptors (Lipinski definition) is 3. The minimum Gasteiger partial charge on any atom is -0.478 e. The van der Waals surface area contributed by atoms with Crippen molar-refractivity contribution in [2.75, 3.05) is 6.54 Å². The van der Waals surface area contributed by atoms with Gasteiger partial charge in [-0.3, -0.25) is 0 Å². The van der Waals surface area contributed by atoms with Crippen LogP contribution in [-0.2, 0) is 10.0 Å². The van der Waals surface area contributed by atoms with Gasteiger partial charge in [-0.1, -0.05) is 23.2 Å². The van der Waals surface area contributed by atoms with Gasteiger partial charge in [0.2, 0.25) is 10.0 Å². The van der Waals surface area contributed by atoms with Crippen LogP contribution in [0.4, 0.5) is 0 Å². The zero-order chi connectivity index (χ0) is 15.3. The number of carbonyl (C=O) groups is 1. The number of rotatable bonds is 5. The van der Waals surface area contributed by atoms with E-state index in [-0.39, 0.29) is 27.0 Å². The highest BCUT2D eigenvalue weighted by molar-refractivity contribution is 7.89. The maximum absolute atomic E-state index is 12.0. The van der Waals surface area contributed by atoms with E-state index < -0.39 is 16.0 Å². The number of hydrogen-bond donors (Lipinski definition) is 2. The maximum atomic E-state index is 12.0. The first-order valence-corrected chi connectivity index (χ1v) is 7.65. The van der Waals surface area contributed by atoms with Crippen LogP contribution in [0, 0.1) is 11.8 Å². The summed E-state index contributed by atoms with van der Waals surface area (Å²) in [7, 11) is -3.95. The van der Waals surface area contributed by atoms with E-state index in [9.17, 15) is 13.2 Å². The van der Waals surface area contributed by atoms with Crippen LogP contribution >= 0.6 is 23.2 Å². The molecular weight excluding hydrogens is 325 g/mol. The van der Waals surface area contributed by atoms with Crippen molar-refractivity contribution in [2.24, 2.45) is 0 Å². The number of benzene rings is 1. The maximum Gasteiger partial charge on any atom is 0.337 e. The quantitative estimate of drug-likeness (QED) is 0.639. The van der Waals surface area contributed by atoms with Gasteiger partial charge in [0.25, 0.3) is 0 Å². The highest BCUT2D eigenvalue weighted by atomic mass is 35.5. The van der Waals surface area contributed by atoms with Gasteiger partial charge < -0.3 is 5.11 Å². The average molecular weight is 336 g/mol. The fraction of sp³-hybridized carbons (Fsp3) is 0.250. The summed E-state index contributed by atoms with van der Waals surface area (Å²) in [5, 5.41) is 8.54. The molecule has 0 saturated heterocycles. The van der Waals surface area contributed by atoms with Crippen LogP contribution < -0.4 is 4.72 Å². The second-order valence-electron chi connectivity index (χ2n) is 3.65. The van der Waals surface area contributed by atoms with E-state index in [0.29, 0.717) is 6.42 Å². The Labute approximate surface area is 126 Å². The van der Waals surface area contributed by atoms with Gasteiger partial charge in [0, 0.05) is 18.0 Å². The molecule has 0 radical (unpaired) electrons.